The van der Waals surface area contributed by atoms with Gasteiger partial charge in [-0.15, -0.1) is 0 Å². The summed E-state index contributed by atoms with van der Waals surface area (Å²) in [5, 5.41) is 0. The van der Waals surface area contributed by atoms with Crippen LogP contribution in [0.15, 0.2) is 170 Å². The second kappa shape index (κ2) is 64.8. The Kier molecular flexibility index (Phi) is 61.3. The van der Waals surface area contributed by atoms with Crippen molar-refractivity contribution >= 4 is 19.8 Å². The normalized spacial score (nSPS) is 14.3. The number of nitrogens with zero attached hydrogens (tertiary/aromatic N) is 1. The van der Waals surface area contributed by atoms with E-state index in [9.17, 15) is 19.0 Å². The Morgan fingerprint density at radius 2 is 0.628 bits per heavy atom. The fourth-order valence-electron chi connectivity index (χ4n) is 8.62. The van der Waals surface area contributed by atoms with Crippen molar-refractivity contribution in [3.63, 3.8) is 0 Å². The summed E-state index contributed by atoms with van der Waals surface area (Å²) in [5.41, 5.74) is 0. The number of allylic oxidation sites excluding steroid dienone is 28. The number of phosphoric acid groups is 1. The molecule has 0 aliphatic rings. The molecule has 0 heterocycles. The summed E-state index contributed by atoms with van der Waals surface area (Å²) in [7, 11) is 1.14. The van der Waals surface area contributed by atoms with Crippen LogP contribution in [-0.4, -0.2) is 70.0 Å². The molecule has 486 valence electrons. The smallest absolute Gasteiger partial charge is 0.306 e. The minimum atomic E-state index is -4.66. The number of likely N-dealkylation sites (N-methyl/N-ethyl adjacent to an activating group) is 1. The first-order chi connectivity index (χ1) is 42.0. The van der Waals surface area contributed by atoms with Crippen LogP contribution in [0.5, 0.6) is 0 Å². The summed E-state index contributed by atoms with van der Waals surface area (Å²) in [5.74, 6) is -0.857. The highest BCUT2D eigenvalue weighted by Crippen LogP contribution is 2.38. The van der Waals surface area contributed by atoms with Gasteiger partial charge in [0.2, 0.25) is 0 Å². The molecule has 0 aliphatic carbocycles. The Morgan fingerprint density at radius 3 is 0.930 bits per heavy atom. The minimum Gasteiger partial charge on any atom is -0.756 e. The average Bonchev–Trinajstić information content (AvgIpc) is 3.56. The highest BCUT2D eigenvalue weighted by molar-refractivity contribution is 7.45. The van der Waals surface area contributed by atoms with E-state index in [2.05, 4.69) is 184 Å². The van der Waals surface area contributed by atoms with Gasteiger partial charge in [0.05, 0.1) is 27.7 Å². The van der Waals surface area contributed by atoms with E-state index in [1.165, 1.54) is 64.2 Å². The zero-order chi connectivity index (χ0) is 62.6. The Bertz CT molecular complexity index is 2060. The highest BCUT2D eigenvalue weighted by Gasteiger charge is 2.22. The lowest BCUT2D eigenvalue weighted by Gasteiger charge is -2.28. The molecule has 0 amide bonds. The molecule has 0 aromatic carbocycles. The lowest BCUT2D eigenvalue weighted by atomic mass is 10.1. The van der Waals surface area contributed by atoms with Crippen LogP contribution in [0.25, 0.3) is 0 Å². The summed E-state index contributed by atoms with van der Waals surface area (Å²) in [6.45, 7) is 3.99. The van der Waals surface area contributed by atoms with Crippen LogP contribution in [0.4, 0.5) is 0 Å². The number of esters is 2. The second-order valence-electron chi connectivity index (χ2n) is 23.1. The lowest BCUT2D eigenvalue weighted by Crippen LogP contribution is -2.37. The Balaban J connectivity index is 4.15. The van der Waals surface area contributed by atoms with Gasteiger partial charge in [-0.25, -0.2) is 0 Å². The quantitative estimate of drug-likeness (QED) is 0.0195. The highest BCUT2D eigenvalue weighted by atomic mass is 31.2. The third-order valence-electron chi connectivity index (χ3n) is 13.7. The van der Waals surface area contributed by atoms with E-state index in [-0.39, 0.29) is 26.1 Å². The molecule has 9 nitrogen and oxygen atoms in total. The predicted molar refractivity (Wildman–Crippen MR) is 369 cm³/mol. The zero-order valence-corrected chi connectivity index (χ0v) is 56.1. The van der Waals surface area contributed by atoms with E-state index in [1.807, 2.05) is 21.1 Å². The summed E-state index contributed by atoms with van der Waals surface area (Å²) < 4.78 is 34.3. The molecule has 0 saturated heterocycles. The summed E-state index contributed by atoms with van der Waals surface area (Å²) in [6.07, 6.45) is 98.4. The maximum atomic E-state index is 12.9. The lowest BCUT2D eigenvalue weighted by molar-refractivity contribution is -0.870. The molecule has 0 rings (SSSR count). The molecule has 10 heteroatoms. The molecule has 0 bridgehead atoms. The van der Waals surface area contributed by atoms with Crippen molar-refractivity contribution in [3.05, 3.63) is 170 Å². The number of unbranched alkanes of at least 4 members (excludes halogenated alkanes) is 18. The monoisotopic (exact) mass is 1210 g/mol. The second-order valence-corrected chi connectivity index (χ2v) is 24.5. The molecule has 2 atom stereocenters. The van der Waals surface area contributed by atoms with Crippen molar-refractivity contribution in [2.24, 2.45) is 0 Å². The minimum absolute atomic E-state index is 0.0420. The molecular formula is C76H124NO8P. The van der Waals surface area contributed by atoms with Crippen LogP contribution < -0.4 is 4.89 Å². The molecule has 0 aromatic rings. The van der Waals surface area contributed by atoms with E-state index in [0.29, 0.717) is 17.4 Å². The first-order valence-corrected chi connectivity index (χ1v) is 35.3. The number of hydrogen-bond donors (Lipinski definition) is 0. The zero-order valence-electron chi connectivity index (χ0n) is 55.2. The van der Waals surface area contributed by atoms with Gasteiger partial charge >= 0.3 is 11.9 Å². The maximum absolute atomic E-state index is 12.9. The maximum Gasteiger partial charge on any atom is 0.306 e. The third kappa shape index (κ3) is 68.5. The van der Waals surface area contributed by atoms with E-state index in [4.69, 9.17) is 18.5 Å². The molecular weight excluding hydrogens is 1090 g/mol. The first-order valence-electron chi connectivity index (χ1n) is 33.8. The molecule has 0 aliphatic heterocycles. The van der Waals surface area contributed by atoms with Gasteiger partial charge in [0.1, 0.15) is 19.8 Å². The van der Waals surface area contributed by atoms with Gasteiger partial charge in [-0.1, -0.05) is 274 Å². The van der Waals surface area contributed by atoms with Crippen LogP contribution >= 0.6 is 7.82 Å². The van der Waals surface area contributed by atoms with Gasteiger partial charge in [0, 0.05) is 12.8 Å². The van der Waals surface area contributed by atoms with E-state index >= 15 is 0 Å². The fraction of sp³-hybridized carbons (Fsp3) is 0.605. The van der Waals surface area contributed by atoms with Crippen LogP contribution in [-0.2, 0) is 32.7 Å². The van der Waals surface area contributed by atoms with E-state index in [1.54, 1.807) is 0 Å². The van der Waals surface area contributed by atoms with Crippen LogP contribution in [0, 0.1) is 0 Å². The van der Waals surface area contributed by atoms with Gasteiger partial charge in [-0.2, -0.15) is 0 Å². The molecule has 0 N–H and O–H groups in total. The Hall–Kier alpha value is -4.63. The van der Waals surface area contributed by atoms with Crippen molar-refractivity contribution in [1.82, 2.24) is 0 Å². The standard InChI is InChI=1S/C76H124NO8P/c1-6-8-10-12-14-16-18-20-22-24-26-28-30-31-32-33-34-35-36-37-38-39-40-41-42-43-44-45-47-49-51-53-55-57-59-61-63-65-67-69-76(79)85-74(73-84-86(80,81)83-71-70-77(3,4)5)72-82-75(78)68-66-64-62-60-58-56-54-52-50-48-46-29-27-25-23-21-19-17-15-13-11-9-7-2/h8-11,14-17,20-23,26-29,31-32,34-35,37-38,40-41,43-44,47,49,74H,6-7,12-13,18-19,24-25,30,33,36,39,42,45-46,48,50-73H2,1-5H3/b10-8-,11-9-,16-14-,17-15-,22-20-,23-21-,28-26-,29-27-,32-31-,35-34-,38-37-,41-40-,44-43-,49-47-. The van der Waals surface area contributed by atoms with Crippen molar-refractivity contribution in [3.8, 4) is 0 Å². The Labute approximate surface area is 528 Å². The fourth-order valence-corrected chi connectivity index (χ4v) is 9.35. The van der Waals surface area contributed by atoms with Crippen molar-refractivity contribution in [1.29, 1.82) is 0 Å². The summed E-state index contributed by atoms with van der Waals surface area (Å²) in [4.78, 5) is 38.0. The van der Waals surface area contributed by atoms with Crippen LogP contribution in [0.1, 0.15) is 245 Å². The van der Waals surface area contributed by atoms with Gasteiger partial charge in [-0.05, 0) is 128 Å². The van der Waals surface area contributed by atoms with E-state index in [0.717, 1.165) is 148 Å². The van der Waals surface area contributed by atoms with Crippen molar-refractivity contribution < 1.29 is 42.1 Å². The average molecular weight is 1210 g/mol. The topological polar surface area (TPSA) is 111 Å². The molecule has 0 radical (unpaired) electrons. The number of ether oxygens (including phenoxy) is 2. The van der Waals surface area contributed by atoms with Crippen LogP contribution in [0.2, 0.25) is 0 Å². The largest absolute Gasteiger partial charge is 0.756 e. The van der Waals surface area contributed by atoms with Gasteiger partial charge in [0.15, 0.2) is 6.10 Å². The molecule has 0 spiro atoms. The number of phosphoric ester groups is 1. The molecule has 0 fully saturated rings. The van der Waals surface area contributed by atoms with Crippen molar-refractivity contribution in [2.45, 2.75) is 251 Å². The van der Waals surface area contributed by atoms with E-state index < -0.39 is 32.5 Å². The molecule has 86 heavy (non-hydrogen) atoms. The molecule has 0 aromatic heterocycles. The van der Waals surface area contributed by atoms with Crippen molar-refractivity contribution in [2.75, 3.05) is 47.5 Å². The number of quaternary nitrogens is 1. The summed E-state index contributed by atoms with van der Waals surface area (Å²) in [6, 6.07) is 0. The number of rotatable bonds is 60. The van der Waals surface area contributed by atoms with Gasteiger partial charge in [0.25, 0.3) is 7.82 Å². The molecule has 0 saturated carbocycles. The first kappa shape index (κ1) is 81.4. The third-order valence-corrected chi connectivity index (χ3v) is 14.7. The SMILES string of the molecule is CC/C=C\C/C=C\C/C=C\C/C=C\C/C=C\C/C=C\C/C=C\C/C=C\C/C=C\C/C=C\CCCCCCCCCCC(=O)OC(COC(=O)CCCCCCCCCCCC/C=C\C/C=C\C/C=C\C/C=C\CC)COP(=O)([O-])OCC[N+](C)(C)C. The summed E-state index contributed by atoms with van der Waals surface area (Å²) >= 11 is 0. The number of carbonyl (C=O) groups excluding carboxylic acids is 2. The molecule has 2 unspecified atom stereocenters. The number of hydrogen-bond acceptors (Lipinski definition) is 8. The van der Waals surface area contributed by atoms with Gasteiger partial charge in [-0.3, -0.25) is 14.2 Å². The van der Waals surface area contributed by atoms with Crippen LogP contribution in [0.3, 0.4) is 0 Å². The number of carbonyl (C=O) groups is 2. The predicted octanol–water partition coefficient (Wildman–Crippen LogP) is 21.5. The Morgan fingerprint density at radius 1 is 0.360 bits per heavy atom. The van der Waals surface area contributed by atoms with Gasteiger partial charge < -0.3 is 27.9 Å².